The first-order valence-electron chi connectivity index (χ1n) is 5.81. The van der Waals surface area contributed by atoms with Crippen molar-refractivity contribution in [2.75, 3.05) is 0 Å². The van der Waals surface area contributed by atoms with Crippen molar-refractivity contribution in [3.63, 3.8) is 0 Å². The number of hydrogen-bond donors (Lipinski definition) is 4. The summed E-state index contributed by atoms with van der Waals surface area (Å²) in [5, 5.41) is 1.20. The van der Waals surface area contributed by atoms with Crippen LogP contribution in [-0.2, 0) is 40.0 Å². The van der Waals surface area contributed by atoms with Crippen molar-refractivity contribution < 1.29 is 59.6 Å². The summed E-state index contributed by atoms with van der Waals surface area (Å²) in [5.41, 5.74) is 2.06. The van der Waals surface area contributed by atoms with Gasteiger partial charge in [-0.3, -0.25) is 0 Å². The number of halogens is 2. The van der Waals surface area contributed by atoms with E-state index < -0.39 is 34.7 Å². The van der Waals surface area contributed by atoms with Gasteiger partial charge in [0, 0.05) is 5.56 Å². The monoisotopic (exact) mass is 526 g/mol. The van der Waals surface area contributed by atoms with Crippen LogP contribution in [0.25, 0.3) is 11.1 Å². The van der Waals surface area contributed by atoms with Crippen LogP contribution in [0.1, 0.15) is 0 Å². The molecule has 0 aliphatic rings. The van der Waals surface area contributed by atoms with Crippen LogP contribution in [-0.4, -0.2) is 19.6 Å². The summed E-state index contributed by atoms with van der Waals surface area (Å²) >= 11 is 12.0. The summed E-state index contributed by atoms with van der Waals surface area (Å²) in [7, 11) is -3.33. The molecule has 0 unspecified atom stereocenters. The van der Waals surface area contributed by atoms with Crippen LogP contribution in [0.2, 0.25) is 10.0 Å². The molecule has 15 heteroatoms. The van der Waals surface area contributed by atoms with Gasteiger partial charge in [-0.05, 0) is 11.6 Å². The Kier molecular flexibility index (Phi) is 36.0. The van der Waals surface area contributed by atoms with Gasteiger partial charge in [-0.15, -0.1) is 0 Å². The Morgan fingerprint density at radius 1 is 0.630 bits per heavy atom. The summed E-state index contributed by atoms with van der Waals surface area (Å²) in [6, 6.07) is 15.6. The summed E-state index contributed by atoms with van der Waals surface area (Å²) in [6.45, 7) is 0. The first kappa shape index (κ1) is 34.5. The number of hydrogen-bond acceptors (Lipinski definition) is 4. The zero-order chi connectivity index (χ0) is 20.8. The molecule has 8 nitrogen and oxygen atoms in total. The van der Waals surface area contributed by atoms with Crippen LogP contribution in [0, 0.1) is 0 Å². The Morgan fingerprint density at radius 2 is 1.00 bits per heavy atom. The van der Waals surface area contributed by atoms with Crippen molar-refractivity contribution in [2.24, 2.45) is 0 Å². The molecule has 0 spiro atoms. The minimum atomic E-state index is -0.833. The van der Waals surface area contributed by atoms with Crippen LogP contribution in [0.5, 0.6) is 0 Å². The molecule has 0 aromatic heterocycles. The minimum Gasteiger partial charge on any atom is -0.310 e. The fraction of sp³-hybridized carbons (Fsp3) is 0. The summed E-state index contributed by atoms with van der Waals surface area (Å²) in [5.74, 6) is 0. The van der Waals surface area contributed by atoms with Crippen molar-refractivity contribution in [2.45, 2.75) is 0 Å². The molecule has 0 aliphatic carbocycles. The zero-order valence-electron chi connectivity index (χ0n) is 13.1. The molecule has 0 atom stereocenters. The van der Waals surface area contributed by atoms with Gasteiger partial charge in [0.15, 0.2) is 0 Å². The average molecular weight is 527 g/mol. The largest absolute Gasteiger partial charge is 4.00 e. The van der Waals surface area contributed by atoms with E-state index in [1.807, 2.05) is 42.5 Å². The van der Waals surface area contributed by atoms with Crippen molar-refractivity contribution >= 4 is 58.0 Å². The molecular formula is C12H12Cl2O8P4Ti+4. The Bertz CT molecular complexity index is 616. The fourth-order valence-electron chi connectivity index (χ4n) is 1.34. The first-order valence-corrected chi connectivity index (χ1v) is 9.63. The number of rotatable bonds is 1. The van der Waals surface area contributed by atoms with Gasteiger partial charge in [0.1, 0.15) is 0 Å². The van der Waals surface area contributed by atoms with Gasteiger partial charge in [-0.1, -0.05) is 65.7 Å². The first-order chi connectivity index (χ1) is 12.4. The maximum absolute atomic E-state index is 8.46. The van der Waals surface area contributed by atoms with Crippen molar-refractivity contribution in [3.05, 3.63) is 58.6 Å². The second-order valence-corrected chi connectivity index (χ2v) is 4.73. The zero-order valence-corrected chi connectivity index (χ0v) is 19.7. The van der Waals surface area contributed by atoms with Gasteiger partial charge in [0.25, 0.3) is 0 Å². The Labute approximate surface area is 186 Å². The molecule has 2 rings (SSSR count). The van der Waals surface area contributed by atoms with E-state index in [1.54, 1.807) is 6.07 Å². The molecule has 4 N–H and O–H groups in total. The minimum absolute atomic E-state index is 0. The molecule has 27 heavy (non-hydrogen) atoms. The van der Waals surface area contributed by atoms with Gasteiger partial charge in [-0.2, -0.15) is 0 Å². The van der Waals surface area contributed by atoms with E-state index in [4.69, 9.17) is 61.0 Å². The smallest absolute Gasteiger partial charge is 0.310 e. The van der Waals surface area contributed by atoms with E-state index in [-0.39, 0.29) is 21.7 Å². The Morgan fingerprint density at radius 3 is 1.37 bits per heavy atom. The van der Waals surface area contributed by atoms with Crippen molar-refractivity contribution in [1.82, 2.24) is 0 Å². The summed E-state index contributed by atoms with van der Waals surface area (Å²) in [4.78, 5) is 27.9. The predicted octanol–water partition coefficient (Wildman–Crippen LogP) is 5.40. The molecule has 0 saturated heterocycles. The molecule has 0 fully saturated rings. The molecule has 0 saturated carbocycles. The summed E-state index contributed by atoms with van der Waals surface area (Å²) in [6.07, 6.45) is 0. The average Bonchev–Trinajstić information content (AvgIpc) is 2.61. The molecule has 2 aromatic rings. The SMILES string of the molecule is Clc1cccc(-c2ccccc2)c1Cl.O=PO.O=PO.O=PO.O=PO.[Ti+4]. The van der Waals surface area contributed by atoms with Crippen LogP contribution in [0.3, 0.4) is 0 Å². The van der Waals surface area contributed by atoms with Gasteiger partial charge in [0.2, 0.25) is 0 Å². The van der Waals surface area contributed by atoms with E-state index in [0.717, 1.165) is 11.1 Å². The molecule has 0 aliphatic heterocycles. The van der Waals surface area contributed by atoms with E-state index in [2.05, 4.69) is 0 Å². The molecule has 2 aromatic carbocycles. The topological polar surface area (TPSA) is 149 Å². The van der Waals surface area contributed by atoms with E-state index in [9.17, 15) is 0 Å². The van der Waals surface area contributed by atoms with E-state index in [0.29, 0.717) is 10.0 Å². The second-order valence-electron chi connectivity index (χ2n) is 3.29. The third-order valence-electron chi connectivity index (χ3n) is 2.04. The standard InChI is InChI=1S/C12H8Cl2.4HO2P.Ti/c13-11-8-4-7-10(12(11)14)9-5-2-1-3-6-9;4*1-3-2;/h1-8H;4*(H,1,2);/q;;;;;+4. The van der Waals surface area contributed by atoms with Crippen LogP contribution >= 0.6 is 58.0 Å². The normalized spacial score (nSPS) is 8.37. The van der Waals surface area contributed by atoms with Crippen molar-refractivity contribution in [3.8, 4) is 11.1 Å². The second kappa shape index (κ2) is 28.2. The van der Waals surface area contributed by atoms with E-state index >= 15 is 0 Å². The number of benzene rings is 2. The predicted molar refractivity (Wildman–Crippen MR) is 101 cm³/mol. The Hall–Kier alpha value is -0.0257. The molecule has 0 bridgehead atoms. The molecular weight excluding hydrogens is 515 g/mol. The Balaban J connectivity index is -0.000000171. The van der Waals surface area contributed by atoms with Gasteiger partial charge in [0.05, 0.1) is 10.0 Å². The fourth-order valence-corrected chi connectivity index (χ4v) is 1.75. The molecule has 0 heterocycles. The van der Waals surface area contributed by atoms with Crippen LogP contribution in [0.4, 0.5) is 0 Å². The third-order valence-corrected chi connectivity index (χ3v) is 2.86. The molecule has 0 radical (unpaired) electrons. The van der Waals surface area contributed by atoms with Gasteiger partial charge >= 0.3 is 56.5 Å². The third kappa shape index (κ3) is 22.1. The van der Waals surface area contributed by atoms with Gasteiger partial charge < -0.3 is 19.6 Å². The molecule has 142 valence electrons. The summed E-state index contributed by atoms with van der Waals surface area (Å²) < 4.78 is 33.8. The maximum Gasteiger partial charge on any atom is 4.00 e. The van der Waals surface area contributed by atoms with E-state index in [1.165, 1.54) is 0 Å². The van der Waals surface area contributed by atoms with Crippen molar-refractivity contribution in [1.29, 1.82) is 0 Å². The molecule has 0 amide bonds. The quantitative estimate of drug-likeness (QED) is 0.285. The van der Waals surface area contributed by atoms with Crippen LogP contribution in [0.15, 0.2) is 48.5 Å². The van der Waals surface area contributed by atoms with Crippen LogP contribution < -0.4 is 0 Å². The van der Waals surface area contributed by atoms with Gasteiger partial charge in [-0.25, -0.2) is 18.3 Å². The maximum atomic E-state index is 8.46.